The summed E-state index contributed by atoms with van der Waals surface area (Å²) >= 11 is 1.27. The van der Waals surface area contributed by atoms with Gasteiger partial charge in [-0.2, -0.15) is 0 Å². The molecule has 0 aromatic carbocycles. The highest BCUT2D eigenvalue weighted by Crippen LogP contribution is 2.30. The van der Waals surface area contributed by atoms with Gasteiger partial charge in [0.25, 0.3) is 0 Å². The van der Waals surface area contributed by atoms with Crippen molar-refractivity contribution in [1.29, 1.82) is 0 Å². The van der Waals surface area contributed by atoms with Crippen molar-refractivity contribution < 1.29 is 29.6 Å². The van der Waals surface area contributed by atoms with E-state index in [1.54, 1.807) is 6.26 Å². The average molecular weight is 463 g/mol. The Kier molecular flexibility index (Phi) is 11.5. The van der Waals surface area contributed by atoms with E-state index in [9.17, 15) is 20.1 Å². The van der Waals surface area contributed by atoms with Crippen molar-refractivity contribution in [2.24, 2.45) is 11.8 Å². The maximum absolute atomic E-state index is 13.1. The number of carbonyl (C=O) groups excluding carboxylic acids is 1. The Morgan fingerprint density at radius 3 is 2.61 bits per heavy atom. The lowest BCUT2D eigenvalue weighted by atomic mass is 9.86. The van der Waals surface area contributed by atoms with E-state index in [0.717, 1.165) is 51.9 Å². The van der Waals surface area contributed by atoms with Crippen molar-refractivity contribution in [3.8, 4) is 0 Å². The summed E-state index contributed by atoms with van der Waals surface area (Å²) in [5, 5.41) is 37.3. The molecular formula is C22H42N2O6S. The van der Waals surface area contributed by atoms with Crippen LogP contribution in [0.3, 0.4) is 0 Å². The molecule has 0 radical (unpaired) electrons. The summed E-state index contributed by atoms with van der Waals surface area (Å²) < 4.78 is 11.5. The Morgan fingerprint density at radius 1 is 1.23 bits per heavy atom. The van der Waals surface area contributed by atoms with Crippen molar-refractivity contribution in [1.82, 2.24) is 10.6 Å². The molecule has 0 spiro atoms. The molecule has 0 aliphatic carbocycles. The first-order chi connectivity index (χ1) is 14.8. The Morgan fingerprint density at radius 2 is 1.97 bits per heavy atom. The summed E-state index contributed by atoms with van der Waals surface area (Å²) in [6.07, 6.45) is 2.11. The molecule has 2 fully saturated rings. The van der Waals surface area contributed by atoms with Crippen LogP contribution in [-0.2, 0) is 14.3 Å². The van der Waals surface area contributed by atoms with Crippen LogP contribution in [0.4, 0.5) is 0 Å². The Hall–Kier alpha value is -0.420. The van der Waals surface area contributed by atoms with Crippen LogP contribution in [0, 0.1) is 11.8 Å². The van der Waals surface area contributed by atoms with Gasteiger partial charge in [-0.3, -0.25) is 4.79 Å². The summed E-state index contributed by atoms with van der Waals surface area (Å²) in [7, 11) is 0. The number of carbonyl (C=O) groups is 1. The zero-order valence-corrected chi connectivity index (χ0v) is 20.1. The van der Waals surface area contributed by atoms with E-state index in [2.05, 4.69) is 17.6 Å². The number of aliphatic hydroxyl groups is 3. The van der Waals surface area contributed by atoms with Gasteiger partial charge in [0.2, 0.25) is 5.91 Å². The monoisotopic (exact) mass is 462 g/mol. The van der Waals surface area contributed by atoms with Crippen LogP contribution in [0.1, 0.15) is 52.9 Å². The molecule has 0 aromatic rings. The zero-order chi connectivity index (χ0) is 23.0. The molecule has 9 heteroatoms. The van der Waals surface area contributed by atoms with Gasteiger partial charge in [0.05, 0.1) is 12.1 Å². The fraction of sp³-hybridized carbons (Fsp3) is 0.955. The molecule has 2 aliphatic heterocycles. The van der Waals surface area contributed by atoms with Gasteiger partial charge in [-0.1, -0.05) is 20.8 Å². The van der Waals surface area contributed by atoms with Crippen molar-refractivity contribution in [2.75, 3.05) is 26.0 Å². The fourth-order valence-corrected chi connectivity index (χ4v) is 5.12. The highest BCUT2D eigenvalue weighted by atomic mass is 32.2. The van der Waals surface area contributed by atoms with Crippen LogP contribution in [0.15, 0.2) is 0 Å². The van der Waals surface area contributed by atoms with Crippen LogP contribution < -0.4 is 10.6 Å². The molecule has 1 amide bonds. The fourth-order valence-electron chi connectivity index (χ4n) is 4.44. The maximum Gasteiger partial charge on any atom is 0.237 e. The van der Waals surface area contributed by atoms with Crippen molar-refractivity contribution in [3.05, 3.63) is 0 Å². The summed E-state index contributed by atoms with van der Waals surface area (Å²) in [5.41, 5.74) is -0.659. The van der Waals surface area contributed by atoms with E-state index in [4.69, 9.17) is 9.47 Å². The van der Waals surface area contributed by atoms with Crippen molar-refractivity contribution in [2.45, 2.75) is 94.8 Å². The van der Waals surface area contributed by atoms with Gasteiger partial charge in [-0.25, -0.2) is 0 Å². The number of thioether (sulfide) groups is 1. The first-order valence-corrected chi connectivity index (χ1v) is 12.9. The third-order valence-corrected chi connectivity index (χ3v) is 7.15. The molecule has 31 heavy (non-hydrogen) atoms. The molecule has 2 rings (SSSR count). The Labute approximate surface area is 190 Å². The molecular weight excluding hydrogens is 420 g/mol. The smallest absolute Gasteiger partial charge is 0.237 e. The number of aliphatic hydroxyl groups excluding tert-OH is 3. The molecule has 0 bridgehead atoms. The Balaban J connectivity index is 1.94. The average Bonchev–Trinajstić information content (AvgIpc) is 2.76. The number of piperidine rings is 1. The van der Waals surface area contributed by atoms with Crippen LogP contribution in [-0.4, -0.2) is 89.2 Å². The van der Waals surface area contributed by atoms with Crippen molar-refractivity contribution in [3.63, 3.8) is 0 Å². The molecule has 5 N–H and O–H groups in total. The second-order valence-electron chi connectivity index (χ2n) is 9.11. The zero-order valence-electron chi connectivity index (χ0n) is 19.3. The van der Waals surface area contributed by atoms with E-state index < -0.39 is 35.9 Å². The highest BCUT2D eigenvalue weighted by molar-refractivity contribution is 7.99. The molecule has 8 atom stereocenters. The SMILES string of the molecule is CCCOCCC[C@@H]1CCN[C@H](C(=O)N[C@H](C(C)C)[C@H]2O[C@H](SC)[C@H](O)[C@@H](O)[C@H]2O)C1. The molecule has 2 aliphatic rings. The second-order valence-corrected chi connectivity index (χ2v) is 10.0. The number of amides is 1. The summed E-state index contributed by atoms with van der Waals surface area (Å²) in [6, 6.07) is -0.770. The molecule has 2 heterocycles. The van der Waals surface area contributed by atoms with E-state index in [1.807, 2.05) is 13.8 Å². The van der Waals surface area contributed by atoms with Gasteiger partial charge in [0.15, 0.2) is 0 Å². The summed E-state index contributed by atoms with van der Waals surface area (Å²) in [4.78, 5) is 13.1. The van der Waals surface area contributed by atoms with Gasteiger partial charge < -0.3 is 35.4 Å². The van der Waals surface area contributed by atoms with Crippen LogP contribution in [0.5, 0.6) is 0 Å². The number of ether oxygens (including phenoxy) is 2. The number of nitrogens with one attached hydrogen (secondary N) is 2. The predicted molar refractivity (Wildman–Crippen MR) is 122 cm³/mol. The highest BCUT2D eigenvalue weighted by Gasteiger charge is 2.47. The number of hydrogen-bond acceptors (Lipinski definition) is 8. The molecule has 0 saturated carbocycles. The summed E-state index contributed by atoms with van der Waals surface area (Å²) in [6.45, 7) is 8.35. The topological polar surface area (TPSA) is 120 Å². The first-order valence-electron chi connectivity index (χ1n) is 11.6. The van der Waals surface area contributed by atoms with Gasteiger partial charge >= 0.3 is 0 Å². The third-order valence-electron chi connectivity index (χ3n) is 6.30. The minimum absolute atomic E-state index is 0.0244. The number of rotatable bonds is 11. The maximum atomic E-state index is 13.1. The van der Waals surface area contributed by atoms with E-state index >= 15 is 0 Å². The van der Waals surface area contributed by atoms with Gasteiger partial charge in [-0.15, -0.1) is 11.8 Å². The lowest BCUT2D eigenvalue weighted by Gasteiger charge is -2.44. The Bertz CT molecular complexity index is 538. The van der Waals surface area contributed by atoms with Crippen LogP contribution in [0.2, 0.25) is 0 Å². The second kappa shape index (κ2) is 13.3. The van der Waals surface area contributed by atoms with E-state index in [-0.39, 0.29) is 17.9 Å². The molecule has 0 aromatic heterocycles. The minimum atomic E-state index is -1.32. The van der Waals surface area contributed by atoms with Crippen molar-refractivity contribution >= 4 is 17.7 Å². The molecule has 0 unspecified atom stereocenters. The lowest BCUT2D eigenvalue weighted by Crippen LogP contribution is -2.65. The van der Waals surface area contributed by atoms with Gasteiger partial charge in [-0.05, 0) is 56.7 Å². The molecule has 2 saturated heterocycles. The standard InChI is InChI=1S/C22H42N2O6S/c1-5-10-29-11-6-7-14-8-9-23-15(12-14)21(28)24-16(13(2)3)20-18(26)17(25)19(27)22(30-20)31-4/h13-20,22-23,25-27H,5-12H2,1-4H3,(H,24,28)/t14-,15+,16-,17+,18-,19-,20-,22-/m1/s1. The predicted octanol–water partition coefficient (Wildman–Crippen LogP) is 0.873. The third kappa shape index (κ3) is 7.55. The largest absolute Gasteiger partial charge is 0.388 e. The lowest BCUT2D eigenvalue weighted by molar-refractivity contribution is -0.208. The first kappa shape index (κ1) is 26.8. The summed E-state index contributed by atoms with van der Waals surface area (Å²) in [5.74, 6) is 0.348. The minimum Gasteiger partial charge on any atom is -0.388 e. The molecule has 182 valence electrons. The van der Waals surface area contributed by atoms with Gasteiger partial charge in [0.1, 0.15) is 29.9 Å². The number of hydrogen-bond donors (Lipinski definition) is 5. The van der Waals surface area contributed by atoms with Crippen LogP contribution in [0.25, 0.3) is 0 Å². The molecule has 8 nitrogen and oxygen atoms in total. The normalized spacial score (nSPS) is 35.2. The quantitative estimate of drug-likeness (QED) is 0.287. The van der Waals surface area contributed by atoms with Crippen LogP contribution >= 0.6 is 11.8 Å². The van der Waals surface area contributed by atoms with E-state index in [1.165, 1.54) is 11.8 Å². The van der Waals surface area contributed by atoms with Gasteiger partial charge in [0, 0.05) is 13.2 Å². The van der Waals surface area contributed by atoms with E-state index in [0.29, 0.717) is 5.92 Å².